The largest absolute Gasteiger partial charge is 0.381 e. The van der Waals surface area contributed by atoms with Crippen LogP contribution in [-0.4, -0.2) is 44.3 Å². The summed E-state index contributed by atoms with van der Waals surface area (Å²) >= 11 is 0. The molecule has 32 heavy (non-hydrogen) atoms. The van der Waals surface area contributed by atoms with Crippen molar-refractivity contribution >= 4 is 11.0 Å². The van der Waals surface area contributed by atoms with Crippen molar-refractivity contribution in [3.63, 3.8) is 0 Å². The summed E-state index contributed by atoms with van der Waals surface area (Å²) in [6.07, 6.45) is 3.57. The van der Waals surface area contributed by atoms with Gasteiger partial charge in [0, 0.05) is 37.9 Å². The number of benzene rings is 1. The zero-order valence-corrected chi connectivity index (χ0v) is 19.6. The van der Waals surface area contributed by atoms with E-state index in [4.69, 9.17) is 14.5 Å². The second kappa shape index (κ2) is 8.81. The molecule has 0 spiro atoms. The first-order valence-corrected chi connectivity index (χ1v) is 11.3. The molecule has 1 N–H and O–H groups in total. The Morgan fingerprint density at radius 3 is 2.62 bits per heavy atom. The van der Waals surface area contributed by atoms with Gasteiger partial charge < -0.3 is 23.7 Å². The van der Waals surface area contributed by atoms with Gasteiger partial charge in [-0.05, 0) is 69.9 Å². The van der Waals surface area contributed by atoms with Gasteiger partial charge in [0.25, 0.3) is 5.56 Å². The third-order valence-corrected chi connectivity index (χ3v) is 6.00. The van der Waals surface area contributed by atoms with Crippen molar-refractivity contribution in [3.05, 3.63) is 52.2 Å². The molecule has 7 nitrogen and oxygen atoms in total. The highest BCUT2D eigenvalue weighted by atomic mass is 16.6. The van der Waals surface area contributed by atoms with Gasteiger partial charge in [-0.2, -0.15) is 0 Å². The van der Waals surface area contributed by atoms with Crippen LogP contribution in [0.3, 0.4) is 0 Å². The lowest BCUT2D eigenvalue weighted by atomic mass is 9.99. The van der Waals surface area contributed by atoms with E-state index < -0.39 is 5.79 Å². The van der Waals surface area contributed by atoms with E-state index in [9.17, 15) is 9.90 Å². The molecule has 3 aromatic rings. The number of fused-ring (bicyclic) bond motifs is 1. The Morgan fingerprint density at radius 1 is 1.25 bits per heavy atom. The van der Waals surface area contributed by atoms with E-state index in [1.54, 1.807) is 18.5 Å². The van der Waals surface area contributed by atoms with Gasteiger partial charge in [0.1, 0.15) is 5.82 Å². The van der Waals surface area contributed by atoms with E-state index in [1.165, 1.54) is 0 Å². The van der Waals surface area contributed by atoms with Crippen LogP contribution in [0.2, 0.25) is 0 Å². The summed E-state index contributed by atoms with van der Waals surface area (Å²) in [5, 5.41) is 11.0. The lowest BCUT2D eigenvalue weighted by Crippen LogP contribution is -2.37. The molecule has 7 heteroatoms. The Labute approximate surface area is 188 Å². The van der Waals surface area contributed by atoms with Gasteiger partial charge in [-0.25, -0.2) is 4.98 Å². The third kappa shape index (κ3) is 4.65. The van der Waals surface area contributed by atoms with Crippen LogP contribution in [0.4, 0.5) is 0 Å². The molecule has 1 fully saturated rings. The highest BCUT2D eigenvalue weighted by molar-refractivity contribution is 5.83. The lowest BCUT2D eigenvalue weighted by Gasteiger charge is -2.29. The smallest absolute Gasteiger partial charge is 0.253 e. The highest BCUT2D eigenvalue weighted by Crippen LogP contribution is 2.33. The summed E-state index contributed by atoms with van der Waals surface area (Å²) in [5.41, 5.74) is 4.51. The maximum absolute atomic E-state index is 12.1. The predicted octanol–water partition coefficient (Wildman–Crippen LogP) is 3.74. The van der Waals surface area contributed by atoms with Crippen molar-refractivity contribution in [1.29, 1.82) is 0 Å². The van der Waals surface area contributed by atoms with Gasteiger partial charge in [-0.15, -0.1) is 0 Å². The molecular weight excluding hydrogens is 406 g/mol. The van der Waals surface area contributed by atoms with E-state index in [2.05, 4.69) is 10.6 Å². The van der Waals surface area contributed by atoms with Crippen LogP contribution in [0, 0.1) is 6.92 Å². The minimum absolute atomic E-state index is 0.00329. The number of ether oxygens (including phenoxy) is 2. The van der Waals surface area contributed by atoms with Crippen LogP contribution in [0.15, 0.2) is 35.3 Å². The quantitative estimate of drug-likeness (QED) is 0.592. The first-order chi connectivity index (χ1) is 15.1. The number of aryl methyl sites for hydroxylation is 2. The van der Waals surface area contributed by atoms with Gasteiger partial charge in [0.15, 0.2) is 5.79 Å². The Bertz CT molecular complexity index is 1140. The summed E-state index contributed by atoms with van der Waals surface area (Å²) in [7, 11) is 1.77. The maximum atomic E-state index is 12.1. The van der Waals surface area contributed by atoms with Crippen LogP contribution in [0.1, 0.15) is 50.9 Å². The lowest BCUT2D eigenvalue weighted by molar-refractivity contribution is -0.218. The molecule has 1 aromatic carbocycles. The number of hydrogen-bond acceptors (Lipinski definition) is 5. The summed E-state index contributed by atoms with van der Waals surface area (Å²) in [6.45, 7) is 9.08. The zero-order valence-electron chi connectivity index (χ0n) is 19.6. The first-order valence-electron chi connectivity index (χ1n) is 11.3. The molecule has 1 saturated heterocycles. The van der Waals surface area contributed by atoms with Gasteiger partial charge in [0.05, 0.1) is 23.7 Å². The average molecular weight is 440 g/mol. The molecule has 0 radical (unpaired) electrons. The third-order valence-electron chi connectivity index (χ3n) is 6.00. The SMILES string of the molecule is Cc1cc(-c2ccc3nc(C4CCOCC4)n(CC(C)(O)OC(C)C)c3c2)cn(C)c1=O. The van der Waals surface area contributed by atoms with E-state index in [1.807, 2.05) is 45.2 Å². The molecule has 1 aliphatic rings. The molecule has 1 atom stereocenters. The predicted molar refractivity (Wildman–Crippen MR) is 125 cm³/mol. The molecule has 2 aromatic heterocycles. The molecular formula is C25H33N3O4. The second-order valence-electron chi connectivity index (χ2n) is 9.32. The molecule has 0 bridgehead atoms. The monoisotopic (exact) mass is 439 g/mol. The molecule has 172 valence electrons. The van der Waals surface area contributed by atoms with E-state index in [0.717, 1.165) is 54.0 Å². The normalized spacial score (nSPS) is 17.2. The van der Waals surface area contributed by atoms with Crippen LogP contribution in [-0.2, 0) is 23.1 Å². The Morgan fingerprint density at radius 2 is 1.97 bits per heavy atom. The first kappa shape index (κ1) is 22.7. The topological polar surface area (TPSA) is 78.5 Å². The summed E-state index contributed by atoms with van der Waals surface area (Å²) < 4.78 is 15.1. The van der Waals surface area contributed by atoms with Gasteiger partial charge in [-0.3, -0.25) is 4.79 Å². The average Bonchev–Trinajstić information content (AvgIpc) is 3.08. The maximum Gasteiger partial charge on any atom is 0.253 e. The Balaban J connectivity index is 1.84. The van der Waals surface area contributed by atoms with E-state index in [-0.39, 0.29) is 24.1 Å². The minimum Gasteiger partial charge on any atom is -0.381 e. The summed E-state index contributed by atoms with van der Waals surface area (Å²) in [5.74, 6) is -0.0933. The van der Waals surface area contributed by atoms with Crippen molar-refractivity contribution in [2.45, 2.75) is 64.9 Å². The van der Waals surface area contributed by atoms with Gasteiger partial charge >= 0.3 is 0 Å². The highest BCUT2D eigenvalue weighted by Gasteiger charge is 2.29. The second-order valence-corrected chi connectivity index (χ2v) is 9.32. The summed E-state index contributed by atoms with van der Waals surface area (Å²) in [4.78, 5) is 17.1. The number of imidazole rings is 1. The van der Waals surface area contributed by atoms with Crippen LogP contribution < -0.4 is 5.56 Å². The van der Waals surface area contributed by atoms with Crippen molar-refractivity contribution in [1.82, 2.24) is 14.1 Å². The number of rotatable bonds is 6. The van der Waals surface area contributed by atoms with Crippen molar-refractivity contribution in [2.24, 2.45) is 7.05 Å². The molecule has 1 aliphatic heterocycles. The molecule has 1 unspecified atom stereocenters. The number of aliphatic hydroxyl groups is 1. The molecule has 0 saturated carbocycles. The number of hydrogen-bond donors (Lipinski definition) is 1. The molecule has 4 rings (SSSR count). The van der Waals surface area contributed by atoms with Crippen molar-refractivity contribution in [2.75, 3.05) is 13.2 Å². The van der Waals surface area contributed by atoms with Crippen LogP contribution >= 0.6 is 0 Å². The molecule has 3 heterocycles. The van der Waals surface area contributed by atoms with E-state index in [0.29, 0.717) is 5.56 Å². The minimum atomic E-state index is -1.33. The number of nitrogens with zero attached hydrogens (tertiary/aromatic N) is 3. The molecule has 0 aliphatic carbocycles. The standard InChI is InChI=1S/C25H33N3O4/c1-16(2)32-25(4,30)15-28-22-13-19(20-12-17(3)24(29)27(5)14-20)6-7-21(22)26-23(28)18-8-10-31-11-9-18/h6-7,12-14,16,18,30H,8-11,15H2,1-5H3. The van der Waals surface area contributed by atoms with Crippen LogP contribution in [0.25, 0.3) is 22.2 Å². The number of pyridine rings is 1. The van der Waals surface area contributed by atoms with Crippen molar-refractivity contribution < 1.29 is 14.6 Å². The number of aromatic nitrogens is 3. The zero-order chi connectivity index (χ0) is 23.0. The Kier molecular flexibility index (Phi) is 6.25. The summed E-state index contributed by atoms with van der Waals surface area (Å²) in [6, 6.07) is 8.06. The fourth-order valence-corrected chi connectivity index (χ4v) is 4.63. The fourth-order valence-electron chi connectivity index (χ4n) is 4.63. The van der Waals surface area contributed by atoms with Gasteiger partial charge in [0.2, 0.25) is 0 Å². The van der Waals surface area contributed by atoms with E-state index >= 15 is 0 Å². The Hall–Kier alpha value is -2.48. The van der Waals surface area contributed by atoms with Crippen LogP contribution in [0.5, 0.6) is 0 Å². The van der Waals surface area contributed by atoms with Gasteiger partial charge in [-0.1, -0.05) is 6.07 Å². The molecule has 0 amide bonds. The van der Waals surface area contributed by atoms with Crippen molar-refractivity contribution in [3.8, 4) is 11.1 Å². The fraction of sp³-hybridized carbons (Fsp3) is 0.520.